The van der Waals surface area contributed by atoms with E-state index in [4.69, 9.17) is 4.99 Å². The quantitative estimate of drug-likeness (QED) is 0.231. The van der Waals surface area contributed by atoms with Gasteiger partial charge in [-0.15, -0.1) is 24.0 Å². The number of hydrogen-bond donors (Lipinski definition) is 2. The van der Waals surface area contributed by atoms with Crippen molar-refractivity contribution in [2.75, 3.05) is 31.1 Å². The van der Waals surface area contributed by atoms with Crippen molar-refractivity contribution in [3.05, 3.63) is 41.3 Å². The van der Waals surface area contributed by atoms with Crippen molar-refractivity contribution in [1.82, 2.24) is 25.4 Å². The van der Waals surface area contributed by atoms with Gasteiger partial charge in [0.1, 0.15) is 5.82 Å². The van der Waals surface area contributed by atoms with Gasteiger partial charge < -0.3 is 15.5 Å². The van der Waals surface area contributed by atoms with Crippen LogP contribution in [-0.2, 0) is 13.1 Å². The molecule has 0 unspecified atom stereocenters. The summed E-state index contributed by atoms with van der Waals surface area (Å²) >= 11 is 0. The number of guanidine groups is 1. The molecule has 1 saturated heterocycles. The van der Waals surface area contributed by atoms with Gasteiger partial charge in [0.25, 0.3) is 0 Å². The minimum absolute atomic E-state index is 0. The Balaban J connectivity index is 0.00000341. The standard InChI is InChI=1S/C23H37N7.HI/c1-5-24-23(25-11-6-12-30-20(4)15-19(3)28-30)27-17-21-7-8-22(26-16-21)29-13-9-18(2)10-14-29;/h7-8,15-16,18H,5-6,9-14,17H2,1-4H3,(H2,24,25,27);1H. The van der Waals surface area contributed by atoms with Crippen molar-refractivity contribution in [2.45, 2.75) is 60.0 Å². The smallest absolute Gasteiger partial charge is 0.191 e. The van der Waals surface area contributed by atoms with Crippen LogP contribution in [0.4, 0.5) is 5.82 Å². The lowest BCUT2D eigenvalue weighted by Gasteiger charge is -2.31. The minimum atomic E-state index is 0. The Labute approximate surface area is 204 Å². The van der Waals surface area contributed by atoms with E-state index in [0.717, 1.165) is 68.1 Å². The molecule has 3 rings (SSSR count). The molecule has 1 aliphatic heterocycles. The largest absolute Gasteiger partial charge is 0.357 e. The van der Waals surface area contributed by atoms with Crippen LogP contribution >= 0.6 is 24.0 Å². The summed E-state index contributed by atoms with van der Waals surface area (Å²) in [6.45, 7) is 14.0. The Morgan fingerprint density at radius 1 is 1.19 bits per heavy atom. The highest BCUT2D eigenvalue weighted by atomic mass is 127. The molecule has 2 N–H and O–H groups in total. The summed E-state index contributed by atoms with van der Waals surface area (Å²) < 4.78 is 2.07. The van der Waals surface area contributed by atoms with E-state index in [9.17, 15) is 0 Å². The predicted octanol–water partition coefficient (Wildman–Crippen LogP) is 3.89. The molecule has 1 fully saturated rings. The van der Waals surface area contributed by atoms with Crippen molar-refractivity contribution in [3.63, 3.8) is 0 Å². The number of nitrogens with one attached hydrogen (secondary N) is 2. The van der Waals surface area contributed by atoms with E-state index in [1.807, 2.05) is 13.1 Å². The molecule has 0 radical (unpaired) electrons. The van der Waals surface area contributed by atoms with Gasteiger partial charge in [0.2, 0.25) is 0 Å². The van der Waals surface area contributed by atoms with Crippen molar-refractivity contribution < 1.29 is 0 Å². The lowest BCUT2D eigenvalue weighted by molar-refractivity contribution is 0.436. The van der Waals surface area contributed by atoms with Crippen LogP contribution in [0.25, 0.3) is 0 Å². The van der Waals surface area contributed by atoms with Gasteiger partial charge in [-0.1, -0.05) is 13.0 Å². The Morgan fingerprint density at radius 3 is 2.58 bits per heavy atom. The number of nitrogens with zero attached hydrogens (tertiary/aromatic N) is 5. The number of hydrogen-bond acceptors (Lipinski definition) is 4. The molecule has 3 heterocycles. The molecule has 172 valence electrons. The number of anilines is 1. The SMILES string of the molecule is CCNC(=NCc1ccc(N2CCC(C)CC2)nc1)NCCCn1nc(C)cc1C.I. The van der Waals surface area contributed by atoms with Gasteiger partial charge >= 0.3 is 0 Å². The minimum Gasteiger partial charge on any atom is -0.357 e. The molecule has 0 aliphatic carbocycles. The van der Waals surface area contributed by atoms with Crippen LogP contribution in [0.1, 0.15) is 50.1 Å². The van der Waals surface area contributed by atoms with Gasteiger partial charge in [0.05, 0.1) is 12.2 Å². The zero-order valence-electron chi connectivity index (χ0n) is 19.4. The maximum absolute atomic E-state index is 4.72. The average Bonchev–Trinajstić information content (AvgIpc) is 3.07. The van der Waals surface area contributed by atoms with Crippen LogP contribution in [0.5, 0.6) is 0 Å². The van der Waals surface area contributed by atoms with Gasteiger partial charge in [-0.2, -0.15) is 5.10 Å². The van der Waals surface area contributed by atoms with Gasteiger partial charge in [0.15, 0.2) is 5.96 Å². The molecule has 0 aromatic carbocycles. The van der Waals surface area contributed by atoms with E-state index in [-0.39, 0.29) is 24.0 Å². The zero-order chi connectivity index (χ0) is 21.3. The van der Waals surface area contributed by atoms with Gasteiger partial charge in [0, 0.05) is 44.6 Å². The molecule has 0 atom stereocenters. The molecule has 2 aromatic heterocycles. The summed E-state index contributed by atoms with van der Waals surface area (Å²) in [6, 6.07) is 6.40. The second kappa shape index (κ2) is 12.9. The highest BCUT2D eigenvalue weighted by molar-refractivity contribution is 14.0. The third-order valence-electron chi connectivity index (χ3n) is 5.62. The lowest BCUT2D eigenvalue weighted by Crippen LogP contribution is -2.38. The van der Waals surface area contributed by atoms with Gasteiger partial charge in [-0.3, -0.25) is 4.68 Å². The molecule has 2 aromatic rings. The van der Waals surface area contributed by atoms with Crippen LogP contribution in [-0.4, -0.2) is 46.9 Å². The number of piperidine rings is 1. The van der Waals surface area contributed by atoms with Crippen LogP contribution in [0, 0.1) is 19.8 Å². The topological polar surface area (TPSA) is 70.4 Å². The summed E-state index contributed by atoms with van der Waals surface area (Å²) in [5.41, 5.74) is 3.41. The van der Waals surface area contributed by atoms with Gasteiger partial charge in [-0.25, -0.2) is 9.98 Å². The average molecular weight is 540 g/mol. The molecule has 0 amide bonds. The third kappa shape index (κ3) is 7.97. The fourth-order valence-electron chi connectivity index (χ4n) is 3.78. The second-order valence-electron chi connectivity index (χ2n) is 8.32. The Bertz CT molecular complexity index is 808. The Morgan fingerprint density at radius 2 is 1.97 bits per heavy atom. The van der Waals surface area contributed by atoms with E-state index in [0.29, 0.717) is 6.54 Å². The van der Waals surface area contributed by atoms with Crippen LogP contribution in [0.2, 0.25) is 0 Å². The van der Waals surface area contributed by atoms with Crippen molar-refractivity contribution in [1.29, 1.82) is 0 Å². The van der Waals surface area contributed by atoms with E-state index in [2.05, 4.69) is 69.3 Å². The molecular weight excluding hydrogens is 501 g/mol. The first kappa shape index (κ1) is 25.4. The maximum atomic E-state index is 4.72. The fourth-order valence-corrected chi connectivity index (χ4v) is 3.78. The molecule has 7 nitrogen and oxygen atoms in total. The molecule has 31 heavy (non-hydrogen) atoms. The molecule has 8 heteroatoms. The van der Waals surface area contributed by atoms with E-state index < -0.39 is 0 Å². The van der Waals surface area contributed by atoms with Gasteiger partial charge in [-0.05, 0) is 63.6 Å². The Kier molecular flexibility index (Phi) is 10.6. The highest BCUT2D eigenvalue weighted by Gasteiger charge is 2.16. The van der Waals surface area contributed by atoms with Crippen LogP contribution in [0.15, 0.2) is 29.4 Å². The molecule has 0 spiro atoms. The third-order valence-corrected chi connectivity index (χ3v) is 5.62. The number of aliphatic imine (C=N–C) groups is 1. The summed E-state index contributed by atoms with van der Waals surface area (Å²) in [4.78, 5) is 11.8. The second-order valence-corrected chi connectivity index (χ2v) is 8.32. The van der Waals surface area contributed by atoms with Crippen molar-refractivity contribution in [3.8, 4) is 0 Å². The van der Waals surface area contributed by atoms with Crippen molar-refractivity contribution >= 4 is 35.8 Å². The van der Waals surface area contributed by atoms with E-state index in [1.165, 1.54) is 18.5 Å². The summed E-state index contributed by atoms with van der Waals surface area (Å²) in [6.07, 6.45) is 5.47. The highest BCUT2D eigenvalue weighted by Crippen LogP contribution is 2.21. The predicted molar refractivity (Wildman–Crippen MR) is 139 cm³/mol. The van der Waals surface area contributed by atoms with Crippen LogP contribution < -0.4 is 15.5 Å². The molecule has 0 saturated carbocycles. The number of halogens is 1. The fraction of sp³-hybridized carbons (Fsp3) is 0.609. The number of rotatable bonds is 8. The first-order chi connectivity index (χ1) is 14.5. The Hall–Kier alpha value is -1.84. The lowest BCUT2D eigenvalue weighted by atomic mass is 9.99. The summed E-state index contributed by atoms with van der Waals surface area (Å²) in [7, 11) is 0. The number of pyridine rings is 1. The van der Waals surface area contributed by atoms with Crippen molar-refractivity contribution in [2.24, 2.45) is 10.9 Å². The van der Waals surface area contributed by atoms with Crippen LogP contribution in [0.3, 0.4) is 0 Å². The first-order valence-electron chi connectivity index (χ1n) is 11.3. The molecule has 1 aliphatic rings. The first-order valence-corrected chi connectivity index (χ1v) is 11.3. The number of aryl methyl sites for hydroxylation is 3. The van der Waals surface area contributed by atoms with E-state index in [1.54, 1.807) is 0 Å². The van der Waals surface area contributed by atoms with E-state index >= 15 is 0 Å². The monoisotopic (exact) mass is 539 g/mol. The normalized spacial score (nSPS) is 15.0. The molecular formula is C23H38IN7. The summed E-state index contributed by atoms with van der Waals surface area (Å²) in [5, 5.41) is 11.3. The zero-order valence-corrected chi connectivity index (χ0v) is 21.7. The molecule has 0 bridgehead atoms. The number of aromatic nitrogens is 3. The maximum Gasteiger partial charge on any atom is 0.191 e. The summed E-state index contributed by atoms with van der Waals surface area (Å²) in [5.74, 6) is 2.77.